The van der Waals surface area contributed by atoms with Crippen molar-refractivity contribution < 1.29 is 4.74 Å². The molecule has 0 heterocycles. The van der Waals surface area contributed by atoms with Crippen molar-refractivity contribution in [1.29, 1.82) is 0 Å². The van der Waals surface area contributed by atoms with Crippen LogP contribution in [0.5, 0.6) is 0 Å². The van der Waals surface area contributed by atoms with Crippen LogP contribution in [0.1, 0.15) is 91.9 Å². The summed E-state index contributed by atoms with van der Waals surface area (Å²) in [4.78, 5) is 0. The Balaban J connectivity index is 1.97. The highest BCUT2D eigenvalue weighted by molar-refractivity contribution is 5.07. The summed E-state index contributed by atoms with van der Waals surface area (Å²) >= 11 is 0. The van der Waals surface area contributed by atoms with Gasteiger partial charge in [0.25, 0.3) is 0 Å². The molecule has 2 aliphatic rings. The van der Waals surface area contributed by atoms with Gasteiger partial charge in [-0.05, 0) is 63.5 Å². The standard InChI is InChI=1S/C22H38O/c1-5-21(17(3)19-13-9-7-10-14-19)23-22(6-2)18(4)20-15-11-8-12-16-20/h5-6,17-20H,7-16H2,1-4H3/b21-5-,22-6-. The molecule has 0 saturated heterocycles. The van der Waals surface area contributed by atoms with E-state index in [4.69, 9.17) is 4.74 Å². The molecule has 1 heteroatoms. The molecule has 0 spiro atoms. The fourth-order valence-corrected chi connectivity index (χ4v) is 4.70. The highest BCUT2D eigenvalue weighted by Crippen LogP contribution is 2.38. The van der Waals surface area contributed by atoms with Crippen LogP contribution in [-0.4, -0.2) is 0 Å². The van der Waals surface area contributed by atoms with E-state index in [0.717, 1.165) is 11.8 Å². The van der Waals surface area contributed by atoms with E-state index in [1.165, 1.54) is 75.7 Å². The third-order valence-electron chi connectivity index (χ3n) is 6.42. The summed E-state index contributed by atoms with van der Waals surface area (Å²) in [6.07, 6.45) is 18.4. The maximum atomic E-state index is 6.50. The van der Waals surface area contributed by atoms with E-state index in [-0.39, 0.29) is 0 Å². The van der Waals surface area contributed by atoms with Gasteiger partial charge in [0, 0.05) is 11.8 Å². The molecule has 0 amide bonds. The molecule has 0 aromatic rings. The molecule has 2 rings (SSSR count). The summed E-state index contributed by atoms with van der Waals surface area (Å²) in [5.74, 6) is 5.19. The highest BCUT2D eigenvalue weighted by Gasteiger charge is 2.28. The van der Waals surface area contributed by atoms with Gasteiger partial charge in [-0.2, -0.15) is 0 Å². The van der Waals surface area contributed by atoms with Crippen LogP contribution in [0.4, 0.5) is 0 Å². The summed E-state index contributed by atoms with van der Waals surface area (Å²) < 4.78 is 6.50. The van der Waals surface area contributed by atoms with Gasteiger partial charge in [-0.3, -0.25) is 0 Å². The van der Waals surface area contributed by atoms with Gasteiger partial charge in [-0.25, -0.2) is 0 Å². The second-order valence-electron chi connectivity index (χ2n) is 7.86. The monoisotopic (exact) mass is 318 g/mol. The van der Waals surface area contributed by atoms with Crippen LogP contribution in [0, 0.1) is 23.7 Å². The molecule has 2 saturated carbocycles. The first kappa shape index (κ1) is 18.6. The van der Waals surface area contributed by atoms with Gasteiger partial charge in [0.05, 0.1) is 0 Å². The lowest BCUT2D eigenvalue weighted by Crippen LogP contribution is -2.22. The van der Waals surface area contributed by atoms with Crippen LogP contribution in [0.15, 0.2) is 23.7 Å². The van der Waals surface area contributed by atoms with Gasteiger partial charge in [0.2, 0.25) is 0 Å². The van der Waals surface area contributed by atoms with E-state index in [1.807, 2.05) is 0 Å². The molecule has 2 unspecified atom stereocenters. The van der Waals surface area contributed by atoms with Crippen molar-refractivity contribution in [3.63, 3.8) is 0 Å². The van der Waals surface area contributed by atoms with E-state index >= 15 is 0 Å². The number of allylic oxidation sites excluding steroid dienone is 4. The smallest absolute Gasteiger partial charge is 0.102 e. The molecule has 132 valence electrons. The van der Waals surface area contributed by atoms with Crippen LogP contribution in [0.25, 0.3) is 0 Å². The Morgan fingerprint density at radius 3 is 1.35 bits per heavy atom. The predicted octanol–water partition coefficient (Wildman–Crippen LogP) is 7.24. The molecule has 2 atom stereocenters. The fraction of sp³-hybridized carbons (Fsp3) is 0.818. The maximum Gasteiger partial charge on any atom is 0.102 e. The molecular formula is C22H38O. The van der Waals surface area contributed by atoms with Crippen LogP contribution >= 0.6 is 0 Å². The maximum absolute atomic E-state index is 6.50. The average Bonchev–Trinajstić information content (AvgIpc) is 2.63. The lowest BCUT2D eigenvalue weighted by atomic mass is 9.79. The third-order valence-corrected chi connectivity index (χ3v) is 6.42. The van der Waals surface area contributed by atoms with E-state index < -0.39 is 0 Å². The first-order valence-electron chi connectivity index (χ1n) is 10.2. The fourth-order valence-electron chi connectivity index (χ4n) is 4.70. The minimum absolute atomic E-state index is 0.564. The summed E-state index contributed by atoms with van der Waals surface area (Å²) in [6, 6.07) is 0. The minimum atomic E-state index is 0.564. The van der Waals surface area contributed by atoms with Gasteiger partial charge >= 0.3 is 0 Å². The van der Waals surface area contributed by atoms with Gasteiger partial charge in [-0.15, -0.1) is 0 Å². The second-order valence-corrected chi connectivity index (χ2v) is 7.86. The van der Waals surface area contributed by atoms with Crippen molar-refractivity contribution in [1.82, 2.24) is 0 Å². The van der Waals surface area contributed by atoms with Crippen molar-refractivity contribution in [3.8, 4) is 0 Å². The molecule has 2 fully saturated rings. The predicted molar refractivity (Wildman–Crippen MR) is 100 cm³/mol. The summed E-state index contributed by atoms with van der Waals surface area (Å²) in [5, 5.41) is 0. The van der Waals surface area contributed by atoms with Crippen molar-refractivity contribution in [2.45, 2.75) is 91.9 Å². The second kappa shape index (κ2) is 9.55. The van der Waals surface area contributed by atoms with E-state index in [9.17, 15) is 0 Å². The molecule has 0 bridgehead atoms. The van der Waals surface area contributed by atoms with Crippen LogP contribution in [0.3, 0.4) is 0 Å². The average molecular weight is 319 g/mol. The highest BCUT2D eigenvalue weighted by atomic mass is 16.5. The first-order chi connectivity index (χ1) is 11.2. The summed E-state index contributed by atoms with van der Waals surface area (Å²) in [6.45, 7) is 9.05. The Hall–Kier alpha value is -0.720. The Kier molecular flexibility index (Phi) is 7.73. The molecule has 0 N–H and O–H groups in total. The van der Waals surface area contributed by atoms with Crippen molar-refractivity contribution in [3.05, 3.63) is 23.7 Å². The quantitative estimate of drug-likeness (QED) is 0.469. The SMILES string of the molecule is C/C=C(\O/C(=C\C)C(C)C1CCCCC1)C(C)C1CCCCC1. The Bertz CT molecular complexity index is 356. The number of hydrogen-bond donors (Lipinski definition) is 0. The summed E-state index contributed by atoms with van der Waals surface area (Å²) in [5.41, 5.74) is 0. The van der Waals surface area contributed by atoms with E-state index in [1.54, 1.807) is 0 Å². The van der Waals surface area contributed by atoms with Gasteiger partial charge in [-0.1, -0.05) is 52.4 Å². The molecule has 0 aromatic carbocycles. The molecule has 0 aliphatic heterocycles. The normalized spacial score (nSPS) is 25.2. The zero-order valence-electron chi connectivity index (χ0n) is 15.9. The lowest BCUT2D eigenvalue weighted by Gasteiger charge is -2.33. The number of ether oxygens (including phenoxy) is 1. The molecule has 2 aliphatic carbocycles. The first-order valence-corrected chi connectivity index (χ1v) is 10.2. The van der Waals surface area contributed by atoms with E-state index in [0.29, 0.717) is 11.8 Å². The molecule has 23 heavy (non-hydrogen) atoms. The largest absolute Gasteiger partial charge is 0.466 e. The zero-order valence-corrected chi connectivity index (χ0v) is 15.9. The summed E-state index contributed by atoms with van der Waals surface area (Å²) in [7, 11) is 0. The molecule has 0 radical (unpaired) electrons. The molecular weight excluding hydrogens is 280 g/mol. The Morgan fingerprint density at radius 2 is 1.04 bits per heavy atom. The number of rotatable bonds is 6. The van der Waals surface area contributed by atoms with Crippen molar-refractivity contribution >= 4 is 0 Å². The minimum Gasteiger partial charge on any atom is -0.466 e. The van der Waals surface area contributed by atoms with E-state index in [2.05, 4.69) is 39.8 Å². The molecule has 0 aromatic heterocycles. The van der Waals surface area contributed by atoms with Crippen molar-refractivity contribution in [2.24, 2.45) is 23.7 Å². The van der Waals surface area contributed by atoms with Gasteiger partial charge in [0.15, 0.2) is 0 Å². The van der Waals surface area contributed by atoms with Crippen LogP contribution in [0.2, 0.25) is 0 Å². The van der Waals surface area contributed by atoms with Gasteiger partial charge < -0.3 is 4.74 Å². The zero-order chi connectivity index (χ0) is 16.7. The Labute approximate surface area is 144 Å². The van der Waals surface area contributed by atoms with Crippen LogP contribution in [-0.2, 0) is 4.74 Å². The third kappa shape index (κ3) is 5.13. The Morgan fingerprint density at radius 1 is 0.696 bits per heavy atom. The van der Waals surface area contributed by atoms with Crippen molar-refractivity contribution in [2.75, 3.05) is 0 Å². The van der Waals surface area contributed by atoms with Crippen LogP contribution < -0.4 is 0 Å². The topological polar surface area (TPSA) is 9.23 Å². The van der Waals surface area contributed by atoms with Gasteiger partial charge in [0.1, 0.15) is 11.5 Å². The lowest BCUT2D eigenvalue weighted by molar-refractivity contribution is 0.151. The number of hydrogen-bond acceptors (Lipinski definition) is 1. The molecule has 1 nitrogen and oxygen atoms in total.